The average Bonchev–Trinajstić information content (AvgIpc) is 3.01. The van der Waals surface area contributed by atoms with Crippen LogP contribution in [0.4, 0.5) is 5.82 Å². The molecular formula is C20H27N3S. The molecule has 0 aliphatic heterocycles. The zero-order valence-corrected chi connectivity index (χ0v) is 15.9. The molecule has 0 atom stereocenters. The fourth-order valence-electron chi connectivity index (χ4n) is 2.52. The molecule has 0 unspecified atom stereocenters. The molecule has 0 saturated heterocycles. The van der Waals surface area contributed by atoms with Gasteiger partial charge in [0.1, 0.15) is 16.5 Å². The maximum atomic E-state index is 4.66. The molecule has 0 saturated carbocycles. The van der Waals surface area contributed by atoms with Gasteiger partial charge in [0, 0.05) is 17.8 Å². The van der Waals surface area contributed by atoms with Gasteiger partial charge in [0.25, 0.3) is 0 Å². The van der Waals surface area contributed by atoms with Gasteiger partial charge < -0.3 is 5.32 Å². The van der Waals surface area contributed by atoms with Crippen molar-refractivity contribution in [2.45, 2.75) is 47.0 Å². The van der Waals surface area contributed by atoms with Crippen molar-refractivity contribution in [2.24, 2.45) is 0 Å². The van der Waals surface area contributed by atoms with E-state index in [2.05, 4.69) is 65.5 Å². The lowest BCUT2D eigenvalue weighted by molar-refractivity contribution is 0.855. The molecule has 24 heavy (non-hydrogen) atoms. The summed E-state index contributed by atoms with van der Waals surface area (Å²) in [7, 11) is 0. The van der Waals surface area contributed by atoms with Gasteiger partial charge in [-0.25, -0.2) is 9.97 Å². The SMILES string of the molecule is CC.CCc1nc(NCCCc2ccccc2)c2cc(C)sc2n1. The fraction of sp³-hybridized carbons (Fsp3) is 0.400. The highest BCUT2D eigenvalue weighted by atomic mass is 32.1. The van der Waals surface area contributed by atoms with Gasteiger partial charge in [-0.3, -0.25) is 0 Å². The molecule has 128 valence electrons. The third-order valence-electron chi connectivity index (χ3n) is 3.66. The number of fused-ring (bicyclic) bond motifs is 1. The summed E-state index contributed by atoms with van der Waals surface area (Å²) in [6.45, 7) is 9.15. The molecule has 0 amide bonds. The number of anilines is 1. The molecule has 1 aromatic carbocycles. The molecule has 4 heteroatoms. The summed E-state index contributed by atoms with van der Waals surface area (Å²) >= 11 is 1.74. The lowest BCUT2D eigenvalue weighted by Crippen LogP contribution is -2.07. The van der Waals surface area contributed by atoms with Crippen LogP contribution in [-0.4, -0.2) is 16.5 Å². The highest BCUT2D eigenvalue weighted by Crippen LogP contribution is 2.28. The topological polar surface area (TPSA) is 37.8 Å². The second-order valence-corrected chi connectivity index (χ2v) is 6.67. The molecule has 3 rings (SSSR count). The van der Waals surface area contributed by atoms with Crippen molar-refractivity contribution >= 4 is 27.4 Å². The first-order valence-electron chi connectivity index (χ1n) is 8.81. The van der Waals surface area contributed by atoms with Crippen molar-refractivity contribution in [1.82, 2.24) is 9.97 Å². The zero-order valence-electron chi connectivity index (χ0n) is 15.1. The number of benzene rings is 1. The largest absolute Gasteiger partial charge is 0.369 e. The smallest absolute Gasteiger partial charge is 0.138 e. The highest BCUT2D eigenvalue weighted by Gasteiger charge is 2.09. The van der Waals surface area contributed by atoms with Crippen LogP contribution in [0.1, 0.15) is 43.5 Å². The van der Waals surface area contributed by atoms with E-state index in [4.69, 9.17) is 0 Å². The normalized spacial score (nSPS) is 10.3. The second kappa shape index (κ2) is 9.38. The van der Waals surface area contributed by atoms with Crippen LogP contribution in [0.3, 0.4) is 0 Å². The Bertz CT molecular complexity index is 750. The Labute approximate surface area is 149 Å². The summed E-state index contributed by atoms with van der Waals surface area (Å²) in [5, 5.41) is 4.65. The lowest BCUT2D eigenvalue weighted by atomic mass is 10.1. The van der Waals surface area contributed by atoms with Gasteiger partial charge in [0.15, 0.2) is 0 Å². The quantitative estimate of drug-likeness (QED) is 0.590. The van der Waals surface area contributed by atoms with E-state index in [-0.39, 0.29) is 0 Å². The molecule has 0 aliphatic rings. The highest BCUT2D eigenvalue weighted by molar-refractivity contribution is 7.18. The van der Waals surface area contributed by atoms with Gasteiger partial charge >= 0.3 is 0 Å². The van der Waals surface area contributed by atoms with Crippen LogP contribution >= 0.6 is 11.3 Å². The number of hydrogen-bond donors (Lipinski definition) is 1. The number of nitrogens with one attached hydrogen (secondary N) is 1. The van der Waals surface area contributed by atoms with Gasteiger partial charge in [-0.2, -0.15) is 0 Å². The number of hydrogen-bond acceptors (Lipinski definition) is 4. The van der Waals surface area contributed by atoms with Crippen molar-refractivity contribution in [3.63, 3.8) is 0 Å². The first-order valence-corrected chi connectivity index (χ1v) is 9.62. The molecule has 3 nitrogen and oxygen atoms in total. The third kappa shape index (κ3) is 4.78. The summed E-state index contributed by atoms with van der Waals surface area (Å²) in [6.07, 6.45) is 3.05. The predicted molar refractivity (Wildman–Crippen MR) is 106 cm³/mol. The maximum Gasteiger partial charge on any atom is 0.138 e. The standard InChI is InChI=1S/C18H21N3S.C2H6/c1-3-16-20-17(15-12-13(2)22-18(15)21-16)19-11-7-10-14-8-5-4-6-9-14;1-2/h4-6,8-9,12H,3,7,10-11H2,1-2H3,(H,19,20,21);1-2H3. The third-order valence-corrected chi connectivity index (χ3v) is 4.60. The minimum Gasteiger partial charge on any atom is -0.369 e. The molecule has 2 heterocycles. The number of rotatable bonds is 6. The van der Waals surface area contributed by atoms with E-state index in [1.54, 1.807) is 11.3 Å². The van der Waals surface area contributed by atoms with E-state index in [0.717, 1.165) is 47.7 Å². The average molecular weight is 342 g/mol. The number of aromatic nitrogens is 2. The minimum atomic E-state index is 0.867. The van der Waals surface area contributed by atoms with E-state index < -0.39 is 0 Å². The van der Waals surface area contributed by atoms with Crippen molar-refractivity contribution in [3.05, 3.63) is 52.7 Å². The van der Waals surface area contributed by atoms with Crippen molar-refractivity contribution in [3.8, 4) is 0 Å². The molecule has 3 aromatic rings. The maximum absolute atomic E-state index is 4.66. The van der Waals surface area contributed by atoms with E-state index in [9.17, 15) is 0 Å². The summed E-state index contributed by atoms with van der Waals surface area (Å²) in [4.78, 5) is 11.7. The monoisotopic (exact) mass is 341 g/mol. The van der Waals surface area contributed by atoms with Crippen LogP contribution < -0.4 is 5.32 Å². The van der Waals surface area contributed by atoms with Crippen LogP contribution in [0.2, 0.25) is 0 Å². The minimum absolute atomic E-state index is 0.867. The van der Waals surface area contributed by atoms with E-state index >= 15 is 0 Å². The van der Waals surface area contributed by atoms with Crippen molar-refractivity contribution < 1.29 is 0 Å². The van der Waals surface area contributed by atoms with Crippen LogP contribution in [0, 0.1) is 6.92 Å². The van der Waals surface area contributed by atoms with E-state index in [1.165, 1.54) is 10.4 Å². The number of nitrogens with zero attached hydrogens (tertiary/aromatic N) is 2. The van der Waals surface area contributed by atoms with Crippen LogP contribution in [-0.2, 0) is 12.8 Å². The van der Waals surface area contributed by atoms with Crippen molar-refractivity contribution in [2.75, 3.05) is 11.9 Å². The Hall–Kier alpha value is -1.94. The van der Waals surface area contributed by atoms with Crippen LogP contribution in [0.15, 0.2) is 36.4 Å². The number of thiophene rings is 1. The molecule has 0 fully saturated rings. The molecular weight excluding hydrogens is 314 g/mol. The Kier molecular flexibility index (Phi) is 7.19. The van der Waals surface area contributed by atoms with Gasteiger partial charge in [-0.15, -0.1) is 11.3 Å². The Morgan fingerprint density at radius 1 is 1.08 bits per heavy atom. The number of aryl methyl sites for hydroxylation is 3. The molecule has 0 bridgehead atoms. The Balaban J connectivity index is 0.00000100. The van der Waals surface area contributed by atoms with Crippen LogP contribution in [0.25, 0.3) is 10.2 Å². The first kappa shape index (κ1) is 18.4. The zero-order chi connectivity index (χ0) is 17.4. The first-order chi connectivity index (χ1) is 11.8. The fourth-order valence-corrected chi connectivity index (χ4v) is 3.42. The lowest BCUT2D eigenvalue weighted by Gasteiger charge is -2.08. The van der Waals surface area contributed by atoms with E-state index in [0.29, 0.717) is 0 Å². The summed E-state index contributed by atoms with van der Waals surface area (Å²) in [5.74, 6) is 1.90. The summed E-state index contributed by atoms with van der Waals surface area (Å²) < 4.78 is 0. The van der Waals surface area contributed by atoms with Gasteiger partial charge in [0.05, 0.1) is 5.39 Å². The van der Waals surface area contributed by atoms with Gasteiger partial charge in [-0.1, -0.05) is 51.1 Å². The molecule has 0 radical (unpaired) electrons. The van der Waals surface area contributed by atoms with Crippen molar-refractivity contribution in [1.29, 1.82) is 0 Å². The molecule has 2 aromatic heterocycles. The Morgan fingerprint density at radius 3 is 2.54 bits per heavy atom. The summed E-state index contributed by atoms with van der Waals surface area (Å²) in [6, 6.07) is 12.8. The van der Waals surface area contributed by atoms with Gasteiger partial charge in [0.2, 0.25) is 0 Å². The summed E-state index contributed by atoms with van der Waals surface area (Å²) in [5.41, 5.74) is 1.39. The van der Waals surface area contributed by atoms with Crippen LogP contribution in [0.5, 0.6) is 0 Å². The molecule has 0 spiro atoms. The predicted octanol–water partition coefficient (Wildman–Crippen LogP) is 5.63. The van der Waals surface area contributed by atoms with Gasteiger partial charge in [-0.05, 0) is 31.4 Å². The van der Waals surface area contributed by atoms with E-state index in [1.807, 2.05) is 13.8 Å². The molecule has 0 aliphatic carbocycles. The Morgan fingerprint density at radius 2 is 1.83 bits per heavy atom. The molecule has 1 N–H and O–H groups in total. The second-order valence-electron chi connectivity index (χ2n) is 5.43.